The van der Waals surface area contributed by atoms with Crippen LogP contribution in [0.4, 0.5) is 0 Å². The molecule has 0 N–H and O–H groups in total. The van der Waals surface area contributed by atoms with E-state index >= 15 is 0 Å². The Labute approximate surface area is 101 Å². The van der Waals surface area contributed by atoms with Crippen LogP contribution in [0.2, 0.25) is 0 Å². The Morgan fingerprint density at radius 3 is 2.59 bits per heavy atom. The first-order valence-corrected chi connectivity index (χ1v) is 5.76. The molecule has 0 aliphatic heterocycles. The van der Waals surface area contributed by atoms with Gasteiger partial charge in [-0.1, -0.05) is 49.4 Å². The number of carbonyl (C=O) groups excluding carboxylic acids is 1. The van der Waals surface area contributed by atoms with Gasteiger partial charge in [0, 0.05) is 0 Å². The largest absolute Gasteiger partial charge is 0.469 e. The first-order valence-electron chi connectivity index (χ1n) is 5.76. The summed E-state index contributed by atoms with van der Waals surface area (Å²) in [5.41, 5.74) is 1.17. The minimum Gasteiger partial charge on any atom is -0.469 e. The lowest BCUT2D eigenvalue weighted by molar-refractivity contribution is -0.144. The normalized spacial score (nSPS) is 12.4. The number of hydrogen-bond donors (Lipinski definition) is 0. The van der Waals surface area contributed by atoms with Crippen molar-refractivity contribution in [1.29, 1.82) is 0 Å². The third-order valence-corrected chi connectivity index (χ3v) is 2.96. The number of esters is 1. The summed E-state index contributed by atoms with van der Waals surface area (Å²) in [4.78, 5) is 11.4. The standard InChI is InChI=1S/C15H16O2/c1-11(15(16)17-2)9-12-7-8-13-5-3-4-6-14(13)10-12/h3-8,10-11H,9H2,1-2H3/t11-/m1/s1. The zero-order valence-electron chi connectivity index (χ0n) is 10.1. The molecule has 1 atom stereocenters. The van der Waals surface area contributed by atoms with Gasteiger partial charge < -0.3 is 4.74 Å². The minimum absolute atomic E-state index is 0.0961. The summed E-state index contributed by atoms with van der Waals surface area (Å²) in [6, 6.07) is 14.5. The zero-order valence-corrected chi connectivity index (χ0v) is 10.1. The van der Waals surface area contributed by atoms with E-state index in [1.807, 2.05) is 19.1 Å². The summed E-state index contributed by atoms with van der Waals surface area (Å²) in [5, 5.41) is 2.43. The van der Waals surface area contributed by atoms with Crippen molar-refractivity contribution in [3.63, 3.8) is 0 Å². The highest BCUT2D eigenvalue weighted by Gasteiger charge is 2.13. The highest BCUT2D eigenvalue weighted by molar-refractivity contribution is 5.83. The molecule has 0 saturated carbocycles. The van der Waals surface area contributed by atoms with E-state index in [1.165, 1.54) is 23.4 Å². The smallest absolute Gasteiger partial charge is 0.308 e. The molecule has 0 fully saturated rings. The Hall–Kier alpha value is -1.83. The molecule has 0 aliphatic rings. The van der Waals surface area contributed by atoms with E-state index < -0.39 is 0 Å². The predicted molar refractivity (Wildman–Crippen MR) is 68.8 cm³/mol. The Kier molecular flexibility index (Phi) is 3.43. The number of hydrogen-bond acceptors (Lipinski definition) is 2. The molecule has 0 radical (unpaired) electrons. The second kappa shape index (κ2) is 5.00. The van der Waals surface area contributed by atoms with E-state index in [0.29, 0.717) is 0 Å². The molecule has 0 bridgehead atoms. The van der Waals surface area contributed by atoms with Gasteiger partial charge in [-0.05, 0) is 22.8 Å². The quantitative estimate of drug-likeness (QED) is 0.754. The lowest BCUT2D eigenvalue weighted by Gasteiger charge is -2.09. The van der Waals surface area contributed by atoms with Crippen molar-refractivity contribution < 1.29 is 9.53 Å². The van der Waals surface area contributed by atoms with Crippen molar-refractivity contribution in [3.8, 4) is 0 Å². The summed E-state index contributed by atoms with van der Waals surface area (Å²) in [6.45, 7) is 1.89. The SMILES string of the molecule is COC(=O)[C@H](C)Cc1ccc2ccccc2c1. The Morgan fingerprint density at radius 2 is 1.88 bits per heavy atom. The average Bonchev–Trinajstić information content (AvgIpc) is 2.37. The van der Waals surface area contributed by atoms with E-state index in [2.05, 4.69) is 30.3 Å². The fourth-order valence-electron chi connectivity index (χ4n) is 2.00. The van der Waals surface area contributed by atoms with Crippen LogP contribution in [0.25, 0.3) is 10.8 Å². The molecule has 0 heterocycles. The third kappa shape index (κ3) is 2.64. The molecule has 2 rings (SSSR count). The van der Waals surface area contributed by atoms with Crippen LogP contribution >= 0.6 is 0 Å². The van der Waals surface area contributed by atoms with Gasteiger partial charge in [-0.25, -0.2) is 0 Å². The van der Waals surface area contributed by atoms with Crippen LogP contribution < -0.4 is 0 Å². The lowest BCUT2D eigenvalue weighted by atomic mass is 9.98. The zero-order chi connectivity index (χ0) is 12.3. The van der Waals surface area contributed by atoms with Gasteiger partial charge in [0.1, 0.15) is 0 Å². The van der Waals surface area contributed by atoms with Gasteiger partial charge in [0.05, 0.1) is 13.0 Å². The Morgan fingerprint density at radius 1 is 1.18 bits per heavy atom. The molecule has 0 amide bonds. The molecule has 0 saturated heterocycles. The minimum atomic E-state index is -0.154. The van der Waals surface area contributed by atoms with Crippen LogP contribution in [0, 0.1) is 5.92 Å². The third-order valence-electron chi connectivity index (χ3n) is 2.96. The molecule has 0 spiro atoms. The molecule has 2 nitrogen and oxygen atoms in total. The summed E-state index contributed by atoms with van der Waals surface area (Å²) in [7, 11) is 1.43. The second-order valence-electron chi connectivity index (χ2n) is 4.31. The van der Waals surface area contributed by atoms with Gasteiger partial charge in [0.25, 0.3) is 0 Å². The van der Waals surface area contributed by atoms with Crippen LogP contribution in [0.5, 0.6) is 0 Å². The van der Waals surface area contributed by atoms with Gasteiger partial charge in [-0.15, -0.1) is 0 Å². The molecular weight excluding hydrogens is 212 g/mol. The summed E-state index contributed by atoms with van der Waals surface area (Å²) >= 11 is 0. The molecule has 2 aromatic rings. The fraction of sp³-hybridized carbons (Fsp3) is 0.267. The first kappa shape index (κ1) is 11.6. The average molecular weight is 228 g/mol. The summed E-state index contributed by atoms with van der Waals surface area (Å²) < 4.78 is 4.73. The molecule has 2 heteroatoms. The molecule has 88 valence electrons. The van der Waals surface area contributed by atoms with Crippen molar-refractivity contribution in [2.75, 3.05) is 7.11 Å². The van der Waals surface area contributed by atoms with Crippen LogP contribution in [0.1, 0.15) is 12.5 Å². The molecule has 17 heavy (non-hydrogen) atoms. The van der Waals surface area contributed by atoms with Gasteiger partial charge >= 0.3 is 5.97 Å². The number of benzene rings is 2. The second-order valence-corrected chi connectivity index (χ2v) is 4.31. The van der Waals surface area contributed by atoms with E-state index in [0.717, 1.165) is 6.42 Å². The van der Waals surface area contributed by atoms with Crippen LogP contribution in [-0.4, -0.2) is 13.1 Å². The number of carbonyl (C=O) groups is 1. The monoisotopic (exact) mass is 228 g/mol. The maximum absolute atomic E-state index is 11.4. The van der Waals surface area contributed by atoms with Gasteiger partial charge in [0.15, 0.2) is 0 Å². The molecular formula is C15H16O2. The van der Waals surface area contributed by atoms with Gasteiger partial charge in [0.2, 0.25) is 0 Å². The van der Waals surface area contributed by atoms with E-state index in [1.54, 1.807) is 0 Å². The van der Waals surface area contributed by atoms with Crippen molar-refractivity contribution in [3.05, 3.63) is 48.0 Å². The predicted octanol–water partition coefficient (Wildman–Crippen LogP) is 3.19. The van der Waals surface area contributed by atoms with E-state index in [4.69, 9.17) is 4.74 Å². The Balaban J connectivity index is 2.22. The number of ether oxygens (including phenoxy) is 1. The van der Waals surface area contributed by atoms with Gasteiger partial charge in [-0.3, -0.25) is 4.79 Å². The van der Waals surface area contributed by atoms with Crippen molar-refractivity contribution in [2.45, 2.75) is 13.3 Å². The highest BCUT2D eigenvalue weighted by Crippen LogP contribution is 2.18. The van der Waals surface area contributed by atoms with E-state index in [-0.39, 0.29) is 11.9 Å². The van der Waals surface area contributed by atoms with E-state index in [9.17, 15) is 4.79 Å². The maximum atomic E-state index is 11.4. The number of fused-ring (bicyclic) bond motifs is 1. The van der Waals surface area contributed by atoms with Crippen molar-refractivity contribution in [1.82, 2.24) is 0 Å². The summed E-state index contributed by atoms with van der Waals surface area (Å²) in [6.07, 6.45) is 0.720. The topological polar surface area (TPSA) is 26.3 Å². The van der Waals surface area contributed by atoms with Crippen LogP contribution in [0.3, 0.4) is 0 Å². The number of methoxy groups -OCH3 is 1. The molecule has 2 aromatic carbocycles. The fourth-order valence-corrected chi connectivity index (χ4v) is 2.00. The molecule has 0 unspecified atom stereocenters. The maximum Gasteiger partial charge on any atom is 0.308 e. The number of rotatable bonds is 3. The molecule has 0 aliphatic carbocycles. The first-order chi connectivity index (χ1) is 8.20. The van der Waals surface area contributed by atoms with Gasteiger partial charge in [-0.2, -0.15) is 0 Å². The van der Waals surface area contributed by atoms with Crippen molar-refractivity contribution in [2.24, 2.45) is 5.92 Å². The van der Waals surface area contributed by atoms with Crippen molar-refractivity contribution >= 4 is 16.7 Å². The highest BCUT2D eigenvalue weighted by atomic mass is 16.5. The van der Waals surface area contributed by atoms with Crippen LogP contribution in [0.15, 0.2) is 42.5 Å². The lowest BCUT2D eigenvalue weighted by Crippen LogP contribution is -2.14. The molecule has 0 aromatic heterocycles. The van der Waals surface area contributed by atoms with Crippen LogP contribution in [-0.2, 0) is 16.0 Å². The Bertz CT molecular complexity index is 531. The summed E-state index contributed by atoms with van der Waals surface area (Å²) in [5.74, 6) is -0.251.